The summed E-state index contributed by atoms with van der Waals surface area (Å²) < 4.78 is 5.85. The Balaban J connectivity index is 1.41. The number of anilines is 1. The van der Waals surface area contributed by atoms with Gasteiger partial charge >= 0.3 is 5.97 Å². The van der Waals surface area contributed by atoms with Crippen LogP contribution in [-0.2, 0) is 21.4 Å². The van der Waals surface area contributed by atoms with Crippen LogP contribution in [0.2, 0.25) is 0 Å². The highest BCUT2D eigenvalue weighted by atomic mass is 16.5. The van der Waals surface area contributed by atoms with Gasteiger partial charge in [0, 0.05) is 24.5 Å². The van der Waals surface area contributed by atoms with E-state index >= 15 is 0 Å². The molecule has 1 amide bonds. The summed E-state index contributed by atoms with van der Waals surface area (Å²) in [5, 5.41) is 2.86. The molecule has 2 fully saturated rings. The Bertz CT molecular complexity index is 910. The first-order chi connectivity index (χ1) is 13.1. The van der Waals surface area contributed by atoms with Gasteiger partial charge in [-0.05, 0) is 72.9 Å². The third-order valence-electron chi connectivity index (χ3n) is 6.56. The highest BCUT2D eigenvalue weighted by Gasteiger charge is 2.62. The minimum absolute atomic E-state index is 0.0306. The minimum Gasteiger partial charge on any atom is -0.426 e. The number of carbonyl (C=O) groups excluding carboxylic acids is 2. The van der Waals surface area contributed by atoms with Crippen molar-refractivity contribution >= 4 is 17.6 Å². The number of fused-ring (bicyclic) bond motifs is 1. The summed E-state index contributed by atoms with van der Waals surface area (Å²) in [5.74, 6) is 0.392. The molecule has 0 saturated heterocycles. The topological polar surface area (TPSA) is 68.3 Å². The Labute approximate surface area is 158 Å². The summed E-state index contributed by atoms with van der Waals surface area (Å²) in [4.78, 5) is 29.0. The molecular formula is C22H22N2O3. The number of nitrogens with zero attached hydrogens (tertiary/aromatic N) is 1. The van der Waals surface area contributed by atoms with Gasteiger partial charge < -0.3 is 10.1 Å². The molecule has 0 bridgehead atoms. The molecule has 27 heavy (non-hydrogen) atoms. The maximum atomic E-state index is 13.2. The zero-order valence-corrected chi connectivity index (χ0v) is 15.2. The van der Waals surface area contributed by atoms with E-state index < -0.39 is 5.41 Å². The molecule has 2 aromatic rings. The summed E-state index contributed by atoms with van der Waals surface area (Å²) in [7, 11) is 0. The van der Waals surface area contributed by atoms with Gasteiger partial charge in [0.15, 0.2) is 0 Å². The molecule has 1 spiro atoms. The van der Waals surface area contributed by atoms with Gasteiger partial charge in [-0.1, -0.05) is 12.5 Å². The SMILES string of the molecule is O=C1CCc2cc(OC(=O)C3(c4cccnc4)CC4(CCC4)C3)ccc2N1. The van der Waals surface area contributed by atoms with Crippen molar-refractivity contribution in [3.05, 3.63) is 53.9 Å². The molecule has 0 unspecified atom stereocenters. The summed E-state index contributed by atoms with van der Waals surface area (Å²) >= 11 is 0. The highest BCUT2D eigenvalue weighted by molar-refractivity contribution is 5.94. The fraction of sp³-hybridized carbons (Fsp3) is 0.409. The molecule has 3 aliphatic rings. The zero-order chi connectivity index (χ0) is 18.5. The average molecular weight is 362 g/mol. The van der Waals surface area contributed by atoms with Gasteiger partial charge in [0.05, 0.1) is 5.41 Å². The Morgan fingerprint density at radius 1 is 1.15 bits per heavy atom. The average Bonchev–Trinajstić information content (AvgIpc) is 2.61. The van der Waals surface area contributed by atoms with Crippen LogP contribution in [-0.4, -0.2) is 16.9 Å². The molecule has 2 aliphatic carbocycles. The lowest BCUT2D eigenvalue weighted by molar-refractivity contribution is -0.157. The lowest BCUT2D eigenvalue weighted by atomic mass is 9.44. The predicted molar refractivity (Wildman–Crippen MR) is 100 cm³/mol. The second-order valence-electron chi connectivity index (χ2n) is 8.29. The number of rotatable bonds is 3. The van der Waals surface area contributed by atoms with Crippen LogP contribution in [0.3, 0.4) is 0 Å². The van der Waals surface area contributed by atoms with Crippen molar-refractivity contribution in [2.75, 3.05) is 5.32 Å². The van der Waals surface area contributed by atoms with E-state index in [0.717, 1.165) is 29.7 Å². The first-order valence-corrected chi connectivity index (χ1v) is 9.64. The van der Waals surface area contributed by atoms with E-state index in [1.165, 1.54) is 19.3 Å². The summed E-state index contributed by atoms with van der Waals surface area (Å²) in [5.41, 5.74) is 2.52. The van der Waals surface area contributed by atoms with Crippen molar-refractivity contribution in [2.24, 2.45) is 5.41 Å². The highest BCUT2D eigenvalue weighted by Crippen LogP contribution is 2.65. The van der Waals surface area contributed by atoms with Gasteiger partial charge in [0.2, 0.25) is 5.91 Å². The first-order valence-electron chi connectivity index (χ1n) is 9.64. The van der Waals surface area contributed by atoms with Crippen molar-refractivity contribution in [1.82, 2.24) is 4.98 Å². The number of aromatic nitrogens is 1. The molecule has 1 aromatic carbocycles. The number of benzene rings is 1. The fourth-order valence-corrected chi connectivity index (χ4v) is 5.00. The number of hydrogen-bond donors (Lipinski definition) is 1. The molecule has 0 atom stereocenters. The van der Waals surface area contributed by atoms with Crippen molar-refractivity contribution in [3.63, 3.8) is 0 Å². The zero-order valence-electron chi connectivity index (χ0n) is 15.2. The molecule has 1 aromatic heterocycles. The number of hydrogen-bond acceptors (Lipinski definition) is 4. The molecule has 2 saturated carbocycles. The first kappa shape index (κ1) is 16.5. The third kappa shape index (κ3) is 2.64. The maximum Gasteiger partial charge on any atom is 0.322 e. The number of aryl methyl sites for hydroxylation is 1. The van der Waals surface area contributed by atoms with E-state index in [-0.39, 0.29) is 11.9 Å². The smallest absolute Gasteiger partial charge is 0.322 e. The van der Waals surface area contributed by atoms with Gasteiger partial charge in [-0.2, -0.15) is 0 Å². The van der Waals surface area contributed by atoms with Gasteiger partial charge in [0.1, 0.15) is 5.75 Å². The molecule has 0 radical (unpaired) electrons. The lowest BCUT2D eigenvalue weighted by Gasteiger charge is -2.59. The predicted octanol–water partition coefficient (Wildman–Crippen LogP) is 3.77. The van der Waals surface area contributed by atoms with Crippen LogP contribution in [0.15, 0.2) is 42.7 Å². The molecule has 1 N–H and O–H groups in total. The molecule has 2 heterocycles. The Hall–Kier alpha value is -2.69. The second-order valence-corrected chi connectivity index (χ2v) is 8.29. The van der Waals surface area contributed by atoms with Crippen molar-refractivity contribution in [3.8, 4) is 5.75 Å². The van der Waals surface area contributed by atoms with Crippen LogP contribution >= 0.6 is 0 Å². The fourth-order valence-electron chi connectivity index (χ4n) is 5.00. The van der Waals surface area contributed by atoms with E-state index in [0.29, 0.717) is 24.0 Å². The summed E-state index contributed by atoms with van der Waals surface area (Å²) in [6.07, 6.45) is 10.1. The summed E-state index contributed by atoms with van der Waals surface area (Å²) in [6, 6.07) is 9.33. The second kappa shape index (κ2) is 5.91. The van der Waals surface area contributed by atoms with Gasteiger partial charge in [-0.15, -0.1) is 0 Å². The minimum atomic E-state index is -0.585. The number of carbonyl (C=O) groups is 2. The van der Waals surface area contributed by atoms with E-state index in [2.05, 4.69) is 10.3 Å². The van der Waals surface area contributed by atoms with Crippen LogP contribution in [0, 0.1) is 5.41 Å². The quantitative estimate of drug-likeness (QED) is 0.667. The maximum absolute atomic E-state index is 13.2. The normalized spacial score (nSPS) is 21.4. The molecule has 1 aliphatic heterocycles. The van der Waals surface area contributed by atoms with E-state index in [9.17, 15) is 9.59 Å². The standard InChI is InChI=1S/C22H22N2O3/c25-19-7-4-15-11-17(5-6-18(15)24-19)27-20(26)22(16-3-1-10-23-12-16)13-21(14-22)8-2-9-21/h1,3,5-6,10-12H,2,4,7-9,13-14H2,(H,24,25). The van der Waals surface area contributed by atoms with Crippen LogP contribution in [0.25, 0.3) is 0 Å². The van der Waals surface area contributed by atoms with Crippen LogP contribution in [0.4, 0.5) is 5.69 Å². The van der Waals surface area contributed by atoms with Crippen LogP contribution in [0.5, 0.6) is 5.75 Å². The molecule has 5 rings (SSSR count). The van der Waals surface area contributed by atoms with Gasteiger partial charge in [0.25, 0.3) is 0 Å². The lowest BCUT2D eigenvalue weighted by Crippen LogP contribution is -2.58. The van der Waals surface area contributed by atoms with E-state index in [1.54, 1.807) is 18.5 Å². The molecule has 138 valence electrons. The Morgan fingerprint density at radius 2 is 2.00 bits per heavy atom. The monoisotopic (exact) mass is 362 g/mol. The third-order valence-corrected chi connectivity index (χ3v) is 6.56. The summed E-state index contributed by atoms with van der Waals surface area (Å²) in [6.45, 7) is 0. The van der Waals surface area contributed by atoms with Crippen LogP contribution < -0.4 is 10.1 Å². The number of pyridine rings is 1. The van der Waals surface area contributed by atoms with Crippen molar-refractivity contribution in [1.29, 1.82) is 0 Å². The van der Waals surface area contributed by atoms with Crippen molar-refractivity contribution < 1.29 is 14.3 Å². The van der Waals surface area contributed by atoms with E-state index in [4.69, 9.17) is 4.74 Å². The number of ether oxygens (including phenoxy) is 1. The van der Waals surface area contributed by atoms with Crippen LogP contribution in [0.1, 0.15) is 49.7 Å². The largest absolute Gasteiger partial charge is 0.426 e. The molecular weight excluding hydrogens is 340 g/mol. The van der Waals surface area contributed by atoms with Gasteiger partial charge in [-0.3, -0.25) is 14.6 Å². The number of esters is 1. The van der Waals surface area contributed by atoms with Gasteiger partial charge in [-0.25, -0.2) is 0 Å². The molecule has 5 heteroatoms. The Kier molecular flexibility index (Phi) is 3.61. The Morgan fingerprint density at radius 3 is 2.70 bits per heavy atom. The van der Waals surface area contributed by atoms with Crippen molar-refractivity contribution in [2.45, 2.75) is 50.4 Å². The van der Waals surface area contributed by atoms with E-state index in [1.807, 2.05) is 24.3 Å². The number of amides is 1. The molecule has 5 nitrogen and oxygen atoms in total. The number of nitrogens with one attached hydrogen (secondary N) is 1.